The van der Waals surface area contributed by atoms with Gasteiger partial charge in [-0.3, -0.25) is 4.99 Å². The molecular weight excluding hydrogens is 479 g/mol. The number of hydrogen-bond acceptors (Lipinski definition) is 4. The summed E-state index contributed by atoms with van der Waals surface area (Å²) in [5, 5.41) is 6.52. The predicted molar refractivity (Wildman–Crippen MR) is 121 cm³/mol. The molecule has 0 atom stereocenters. The summed E-state index contributed by atoms with van der Waals surface area (Å²) in [5.41, 5.74) is 0.981. The normalized spacial score (nSPS) is 11.7. The molecule has 0 saturated heterocycles. The minimum Gasteiger partial charge on any atom is -0.383 e. The van der Waals surface area contributed by atoms with Crippen LogP contribution in [0.5, 0.6) is 0 Å². The van der Waals surface area contributed by atoms with Crippen LogP contribution in [0, 0.1) is 0 Å². The molecule has 0 aliphatic heterocycles. The van der Waals surface area contributed by atoms with Gasteiger partial charge >= 0.3 is 0 Å². The van der Waals surface area contributed by atoms with Crippen molar-refractivity contribution in [1.82, 2.24) is 15.4 Å². The van der Waals surface area contributed by atoms with Crippen molar-refractivity contribution < 1.29 is 13.2 Å². The van der Waals surface area contributed by atoms with Crippen molar-refractivity contribution in [2.24, 2.45) is 4.99 Å². The van der Waals surface area contributed by atoms with Crippen LogP contribution in [-0.4, -0.2) is 48.2 Å². The fraction of sp³-hybridized carbons (Fsp3) is 0.611. The van der Waals surface area contributed by atoms with E-state index in [1.54, 1.807) is 31.3 Å². The molecule has 0 saturated carbocycles. The minimum atomic E-state index is -3.49. The fourth-order valence-electron chi connectivity index (χ4n) is 2.31. The van der Waals surface area contributed by atoms with Gasteiger partial charge in [0.15, 0.2) is 5.96 Å². The summed E-state index contributed by atoms with van der Waals surface area (Å²) in [5.74, 6) is 0.749. The van der Waals surface area contributed by atoms with E-state index < -0.39 is 10.0 Å². The van der Waals surface area contributed by atoms with E-state index in [0.717, 1.165) is 24.5 Å². The molecule has 0 aliphatic rings. The SMILES string of the molecule is CCCCCCNC(=NC)NCc1ccc(S(=O)(=O)NCCOC)cc1.I. The maximum absolute atomic E-state index is 12.1. The van der Waals surface area contributed by atoms with Gasteiger partial charge in [-0.05, 0) is 24.1 Å². The van der Waals surface area contributed by atoms with E-state index in [0.29, 0.717) is 13.2 Å². The number of benzene rings is 1. The van der Waals surface area contributed by atoms with Crippen molar-refractivity contribution >= 4 is 40.0 Å². The van der Waals surface area contributed by atoms with Crippen molar-refractivity contribution in [1.29, 1.82) is 0 Å². The van der Waals surface area contributed by atoms with Crippen molar-refractivity contribution in [2.45, 2.75) is 44.0 Å². The van der Waals surface area contributed by atoms with E-state index in [4.69, 9.17) is 4.74 Å². The first-order chi connectivity index (χ1) is 12.5. The first kappa shape index (κ1) is 26.1. The van der Waals surface area contributed by atoms with Gasteiger partial charge in [0.25, 0.3) is 0 Å². The average molecular weight is 512 g/mol. The van der Waals surface area contributed by atoms with Gasteiger partial charge in [-0.2, -0.15) is 0 Å². The highest BCUT2D eigenvalue weighted by Gasteiger charge is 2.12. The number of nitrogens with one attached hydrogen (secondary N) is 3. The molecule has 0 bridgehead atoms. The molecule has 3 N–H and O–H groups in total. The molecule has 0 unspecified atom stereocenters. The molecule has 0 radical (unpaired) electrons. The summed E-state index contributed by atoms with van der Waals surface area (Å²) in [6.07, 6.45) is 4.82. The molecule has 156 valence electrons. The molecule has 0 aliphatic carbocycles. The monoisotopic (exact) mass is 512 g/mol. The number of methoxy groups -OCH3 is 1. The van der Waals surface area contributed by atoms with Crippen LogP contribution in [0.4, 0.5) is 0 Å². The first-order valence-electron chi connectivity index (χ1n) is 9.05. The Labute approximate surface area is 180 Å². The van der Waals surface area contributed by atoms with Gasteiger partial charge in [0.1, 0.15) is 0 Å². The molecule has 0 aromatic heterocycles. The summed E-state index contributed by atoms with van der Waals surface area (Å²) in [6.45, 7) is 4.25. The number of nitrogens with zero attached hydrogens (tertiary/aromatic N) is 1. The quantitative estimate of drug-likeness (QED) is 0.173. The maximum atomic E-state index is 12.1. The lowest BCUT2D eigenvalue weighted by Crippen LogP contribution is -2.37. The van der Waals surface area contributed by atoms with E-state index >= 15 is 0 Å². The molecule has 9 heteroatoms. The molecule has 1 aromatic carbocycles. The molecule has 0 heterocycles. The zero-order valence-corrected chi connectivity index (χ0v) is 19.6. The van der Waals surface area contributed by atoms with Crippen molar-refractivity contribution in [3.63, 3.8) is 0 Å². The van der Waals surface area contributed by atoms with Crippen LogP contribution >= 0.6 is 24.0 Å². The number of guanidine groups is 1. The summed E-state index contributed by atoms with van der Waals surface area (Å²) in [7, 11) is -0.221. The Hall–Kier alpha value is -0.910. The standard InChI is InChI=1S/C18H32N4O3S.HI/c1-4-5-6-7-12-20-18(19-2)21-15-16-8-10-17(11-9-16)26(23,24)22-13-14-25-3;/h8-11,22H,4-7,12-15H2,1-3H3,(H2,19,20,21);1H. The third-order valence-corrected chi connectivity index (χ3v) is 5.32. The number of halogens is 1. The van der Waals surface area contributed by atoms with Gasteiger partial charge in [-0.25, -0.2) is 13.1 Å². The largest absolute Gasteiger partial charge is 0.383 e. The van der Waals surface area contributed by atoms with Crippen LogP contribution in [0.3, 0.4) is 0 Å². The molecule has 0 amide bonds. The first-order valence-corrected chi connectivity index (χ1v) is 10.5. The number of unbranched alkanes of at least 4 members (excludes halogenated alkanes) is 3. The molecule has 1 rings (SSSR count). The lowest BCUT2D eigenvalue weighted by Gasteiger charge is -2.12. The van der Waals surface area contributed by atoms with E-state index in [1.165, 1.54) is 26.4 Å². The van der Waals surface area contributed by atoms with Gasteiger partial charge in [-0.1, -0.05) is 38.3 Å². The van der Waals surface area contributed by atoms with Gasteiger partial charge in [0.05, 0.1) is 11.5 Å². The zero-order chi connectivity index (χ0) is 19.3. The van der Waals surface area contributed by atoms with E-state index in [-0.39, 0.29) is 35.4 Å². The van der Waals surface area contributed by atoms with Gasteiger partial charge in [0, 0.05) is 33.8 Å². The van der Waals surface area contributed by atoms with E-state index in [9.17, 15) is 8.42 Å². The Morgan fingerprint density at radius 2 is 1.78 bits per heavy atom. The highest BCUT2D eigenvalue weighted by atomic mass is 127. The Morgan fingerprint density at radius 3 is 2.37 bits per heavy atom. The Balaban J connectivity index is 0.00000676. The van der Waals surface area contributed by atoms with Gasteiger partial charge in [-0.15, -0.1) is 24.0 Å². The number of rotatable bonds is 12. The summed E-state index contributed by atoms with van der Waals surface area (Å²) in [4.78, 5) is 4.44. The van der Waals surface area contributed by atoms with Gasteiger partial charge in [0.2, 0.25) is 10.0 Å². The zero-order valence-electron chi connectivity index (χ0n) is 16.5. The van der Waals surface area contributed by atoms with Crippen LogP contribution in [0.1, 0.15) is 38.2 Å². The number of hydrogen-bond donors (Lipinski definition) is 3. The predicted octanol–water partition coefficient (Wildman–Crippen LogP) is 2.47. The van der Waals surface area contributed by atoms with Crippen LogP contribution in [0.25, 0.3) is 0 Å². The smallest absolute Gasteiger partial charge is 0.240 e. The highest BCUT2D eigenvalue weighted by molar-refractivity contribution is 14.0. The Kier molecular flexibility index (Phi) is 14.6. The Bertz CT molecular complexity index is 637. The summed E-state index contributed by atoms with van der Waals surface area (Å²) >= 11 is 0. The third-order valence-electron chi connectivity index (χ3n) is 3.84. The van der Waals surface area contributed by atoms with Crippen molar-refractivity contribution in [3.8, 4) is 0 Å². The maximum Gasteiger partial charge on any atom is 0.240 e. The molecule has 1 aromatic rings. The molecule has 27 heavy (non-hydrogen) atoms. The average Bonchev–Trinajstić information content (AvgIpc) is 2.64. The van der Waals surface area contributed by atoms with Crippen molar-refractivity contribution in [3.05, 3.63) is 29.8 Å². The molecular formula is C18H33IN4O3S. The lowest BCUT2D eigenvalue weighted by molar-refractivity contribution is 0.204. The fourth-order valence-corrected chi connectivity index (χ4v) is 3.33. The summed E-state index contributed by atoms with van der Waals surface area (Å²) in [6, 6.07) is 6.80. The van der Waals surface area contributed by atoms with E-state index in [2.05, 4.69) is 27.3 Å². The van der Waals surface area contributed by atoms with Gasteiger partial charge < -0.3 is 15.4 Å². The number of aliphatic imine (C=N–C) groups is 1. The molecule has 0 spiro atoms. The third kappa shape index (κ3) is 10.9. The highest BCUT2D eigenvalue weighted by Crippen LogP contribution is 2.10. The number of ether oxygens (including phenoxy) is 1. The second-order valence-corrected chi connectivity index (χ2v) is 7.71. The summed E-state index contributed by atoms with van der Waals surface area (Å²) < 4.78 is 31.6. The minimum absolute atomic E-state index is 0. The Morgan fingerprint density at radius 1 is 1.07 bits per heavy atom. The topological polar surface area (TPSA) is 91.8 Å². The van der Waals surface area contributed by atoms with Crippen LogP contribution in [0.2, 0.25) is 0 Å². The van der Waals surface area contributed by atoms with Crippen LogP contribution < -0.4 is 15.4 Å². The van der Waals surface area contributed by atoms with E-state index in [1.807, 2.05) is 0 Å². The number of sulfonamides is 1. The molecule has 0 fully saturated rings. The second-order valence-electron chi connectivity index (χ2n) is 5.95. The van der Waals surface area contributed by atoms with Crippen LogP contribution in [0.15, 0.2) is 34.2 Å². The van der Waals surface area contributed by atoms with Crippen LogP contribution in [-0.2, 0) is 21.3 Å². The molecule has 7 nitrogen and oxygen atoms in total. The van der Waals surface area contributed by atoms with Crippen molar-refractivity contribution in [2.75, 3.05) is 33.9 Å². The lowest BCUT2D eigenvalue weighted by atomic mass is 10.2. The second kappa shape index (κ2) is 15.1.